The van der Waals surface area contributed by atoms with Gasteiger partial charge in [-0.25, -0.2) is 9.97 Å². The zero-order chi connectivity index (χ0) is 21.9. The van der Waals surface area contributed by atoms with E-state index in [1.807, 2.05) is 25.1 Å². The fourth-order valence-corrected chi connectivity index (χ4v) is 6.08. The van der Waals surface area contributed by atoms with Crippen LogP contribution in [-0.4, -0.2) is 39.3 Å². The number of nitrogens with one attached hydrogen (secondary N) is 2. The molecule has 0 saturated heterocycles. The molecule has 8 heteroatoms. The van der Waals surface area contributed by atoms with E-state index in [0.29, 0.717) is 17.9 Å². The van der Waals surface area contributed by atoms with Gasteiger partial charge in [-0.1, -0.05) is 18.2 Å². The van der Waals surface area contributed by atoms with Crippen LogP contribution < -0.4 is 10.6 Å². The second-order valence-corrected chi connectivity index (χ2v) is 10.4. The van der Waals surface area contributed by atoms with Gasteiger partial charge in [-0.3, -0.25) is 0 Å². The summed E-state index contributed by atoms with van der Waals surface area (Å²) in [5, 5.41) is 19.7. The minimum Gasteiger partial charge on any atom is -0.396 e. The van der Waals surface area contributed by atoms with Crippen LogP contribution in [0.5, 0.6) is 0 Å². The van der Waals surface area contributed by atoms with Crippen molar-refractivity contribution in [2.45, 2.75) is 38.6 Å². The van der Waals surface area contributed by atoms with Crippen LogP contribution in [0.1, 0.15) is 29.8 Å². The molecule has 5 rings (SSSR count). The van der Waals surface area contributed by atoms with Crippen LogP contribution in [0.15, 0.2) is 41.8 Å². The van der Waals surface area contributed by atoms with Gasteiger partial charge in [0.25, 0.3) is 0 Å². The first-order valence-electron chi connectivity index (χ1n) is 11.1. The lowest BCUT2D eigenvalue weighted by Crippen LogP contribution is -2.19. The van der Waals surface area contributed by atoms with Crippen LogP contribution in [0.4, 0.5) is 11.8 Å². The van der Waals surface area contributed by atoms with Crippen molar-refractivity contribution in [2.24, 2.45) is 5.92 Å². The summed E-state index contributed by atoms with van der Waals surface area (Å²) in [6.07, 6.45) is 3.98. The summed E-state index contributed by atoms with van der Waals surface area (Å²) in [5.74, 6) is 1.84. The van der Waals surface area contributed by atoms with Crippen LogP contribution in [0.25, 0.3) is 20.8 Å². The van der Waals surface area contributed by atoms with Gasteiger partial charge in [0.05, 0.1) is 21.5 Å². The topological polar surface area (TPSA) is 83.0 Å². The molecule has 2 atom stereocenters. The number of thiazole rings is 1. The average molecular weight is 466 g/mol. The number of hydrogen-bond acceptors (Lipinski definition) is 8. The van der Waals surface area contributed by atoms with Gasteiger partial charge >= 0.3 is 0 Å². The number of fused-ring (bicyclic) bond motifs is 1. The lowest BCUT2D eigenvalue weighted by atomic mass is 10.1. The number of aliphatic hydroxyl groups excluding tert-OH is 1. The Labute approximate surface area is 195 Å². The molecule has 1 aliphatic carbocycles. The van der Waals surface area contributed by atoms with Crippen molar-refractivity contribution < 1.29 is 5.11 Å². The van der Waals surface area contributed by atoms with Crippen LogP contribution in [-0.2, 0) is 6.42 Å². The van der Waals surface area contributed by atoms with Crippen molar-refractivity contribution in [1.82, 2.24) is 15.0 Å². The Morgan fingerprint density at radius 2 is 2.00 bits per heavy atom. The van der Waals surface area contributed by atoms with E-state index in [0.717, 1.165) is 64.5 Å². The fraction of sp³-hybridized carbons (Fsp3) is 0.375. The van der Waals surface area contributed by atoms with E-state index in [1.165, 1.54) is 4.88 Å². The molecule has 1 aliphatic rings. The summed E-state index contributed by atoms with van der Waals surface area (Å²) in [6.45, 7) is 3.07. The third-order valence-corrected chi connectivity index (χ3v) is 7.96. The lowest BCUT2D eigenvalue weighted by Gasteiger charge is -2.18. The predicted octanol–water partition coefficient (Wildman–Crippen LogP) is 5.35. The smallest absolute Gasteiger partial charge is 0.224 e. The minimum absolute atomic E-state index is 0.251. The van der Waals surface area contributed by atoms with E-state index in [4.69, 9.17) is 15.0 Å². The maximum atomic E-state index is 9.56. The molecule has 32 heavy (non-hydrogen) atoms. The molecule has 0 unspecified atom stereocenters. The maximum absolute atomic E-state index is 9.56. The standard InChI is InChI=1S/C24H27N5OS2/c1-15-21(23-28-19-6-2-3-7-20(19)32-23)22(27-17-9-8-16(13-17)14-30)29-24(26-15)25-11-10-18-5-4-12-31-18/h2-7,12,16-17,30H,8-11,13-14H2,1H3,(H2,25,26,27,29)/t16-,17+/m1/s1. The van der Waals surface area contributed by atoms with Gasteiger partial charge in [-0.05, 0) is 62.1 Å². The highest BCUT2D eigenvalue weighted by atomic mass is 32.1. The number of hydrogen-bond donors (Lipinski definition) is 3. The van der Waals surface area contributed by atoms with Crippen LogP contribution in [0.3, 0.4) is 0 Å². The number of para-hydroxylation sites is 1. The fourth-order valence-electron chi connectivity index (χ4n) is 4.31. The van der Waals surface area contributed by atoms with Crippen molar-refractivity contribution in [3.05, 3.63) is 52.3 Å². The SMILES string of the molecule is Cc1nc(NCCc2cccs2)nc(N[C@H]2CC[C@@H](CO)C2)c1-c1nc2ccccc2s1. The summed E-state index contributed by atoms with van der Waals surface area (Å²) in [7, 11) is 0. The lowest BCUT2D eigenvalue weighted by molar-refractivity contribution is 0.229. The monoisotopic (exact) mass is 465 g/mol. The Morgan fingerprint density at radius 3 is 2.78 bits per heavy atom. The van der Waals surface area contributed by atoms with E-state index < -0.39 is 0 Å². The van der Waals surface area contributed by atoms with Gasteiger partial charge in [0, 0.05) is 24.1 Å². The first-order chi connectivity index (χ1) is 15.7. The van der Waals surface area contributed by atoms with E-state index >= 15 is 0 Å². The Balaban J connectivity index is 1.45. The summed E-state index contributed by atoms with van der Waals surface area (Å²) >= 11 is 3.44. The van der Waals surface area contributed by atoms with Gasteiger partial charge in [-0.15, -0.1) is 22.7 Å². The third-order valence-electron chi connectivity index (χ3n) is 5.97. The van der Waals surface area contributed by atoms with Gasteiger partial charge in [0.2, 0.25) is 5.95 Å². The van der Waals surface area contributed by atoms with E-state index in [9.17, 15) is 5.11 Å². The zero-order valence-corrected chi connectivity index (χ0v) is 19.7. The molecule has 0 radical (unpaired) electrons. The number of aromatic nitrogens is 3. The highest BCUT2D eigenvalue weighted by Gasteiger charge is 2.26. The molecule has 1 aromatic carbocycles. The van der Waals surface area contributed by atoms with E-state index in [2.05, 4.69) is 34.2 Å². The Kier molecular flexibility index (Phi) is 6.34. The molecule has 0 aliphatic heterocycles. The van der Waals surface area contributed by atoms with Gasteiger partial charge in [0.1, 0.15) is 10.8 Å². The molecule has 0 spiro atoms. The molecule has 0 bridgehead atoms. The average Bonchev–Trinajstić information content (AvgIpc) is 3.54. The Hall–Kier alpha value is -2.55. The second kappa shape index (κ2) is 9.52. The summed E-state index contributed by atoms with van der Waals surface area (Å²) in [4.78, 5) is 15.9. The number of thiophene rings is 1. The number of anilines is 2. The first-order valence-corrected chi connectivity index (χ1v) is 12.8. The molecule has 166 valence electrons. The largest absolute Gasteiger partial charge is 0.396 e. The van der Waals surface area contributed by atoms with Crippen LogP contribution in [0, 0.1) is 12.8 Å². The second-order valence-electron chi connectivity index (χ2n) is 8.30. The Bertz CT molecular complexity index is 1160. The Morgan fingerprint density at radius 1 is 1.09 bits per heavy atom. The van der Waals surface area contributed by atoms with Crippen molar-refractivity contribution in [3.8, 4) is 10.6 Å². The molecule has 1 fully saturated rings. The summed E-state index contributed by atoms with van der Waals surface area (Å²) < 4.78 is 1.16. The van der Waals surface area contributed by atoms with Crippen molar-refractivity contribution in [3.63, 3.8) is 0 Å². The normalized spacial score (nSPS) is 18.3. The van der Waals surface area contributed by atoms with Crippen LogP contribution in [0.2, 0.25) is 0 Å². The molecule has 3 aromatic heterocycles. The van der Waals surface area contributed by atoms with Gasteiger partial charge in [0.15, 0.2) is 0 Å². The van der Waals surface area contributed by atoms with E-state index in [-0.39, 0.29) is 6.61 Å². The number of nitrogens with zero attached hydrogens (tertiary/aromatic N) is 3. The summed E-state index contributed by atoms with van der Waals surface area (Å²) in [5.41, 5.74) is 2.89. The molecular weight excluding hydrogens is 438 g/mol. The summed E-state index contributed by atoms with van der Waals surface area (Å²) in [6, 6.07) is 12.7. The molecule has 1 saturated carbocycles. The molecular formula is C24H27N5OS2. The first kappa shape index (κ1) is 21.3. The van der Waals surface area contributed by atoms with Gasteiger partial charge in [-0.2, -0.15) is 4.98 Å². The zero-order valence-electron chi connectivity index (χ0n) is 18.0. The highest BCUT2D eigenvalue weighted by molar-refractivity contribution is 7.21. The predicted molar refractivity (Wildman–Crippen MR) is 134 cm³/mol. The molecule has 6 nitrogen and oxygen atoms in total. The molecule has 4 aromatic rings. The quantitative estimate of drug-likeness (QED) is 0.325. The van der Waals surface area contributed by atoms with Crippen molar-refractivity contribution in [1.29, 1.82) is 0 Å². The third kappa shape index (κ3) is 4.62. The minimum atomic E-state index is 0.251. The van der Waals surface area contributed by atoms with Gasteiger partial charge < -0.3 is 15.7 Å². The molecule has 0 amide bonds. The number of aryl methyl sites for hydroxylation is 1. The van der Waals surface area contributed by atoms with E-state index in [1.54, 1.807) is 22.7 Å². The molecule has 3 heterocycles. The molecule has 3 N–H and O–H groups in total. The van der Waals surface area contributed by atoms with Crippen molar-refractivity contribution >= 4 is 44.7 Å². The maximum Gasteiger partial charge on any atom is 0.224 e. The number of rotatable bonds is 8. The van der Waals surface area contributed by atoms with Crippen molar-refractivity contribution in [2.75, 3.05) is 23.8 Å². The number of benzene rings is 1. The highest BCUT2D eigenvalue weighted by Crippen LogP contribution is 2.37. The number of aliphatic hydroxyl groups is 1. The van der Waals surface area contributed by atoms with Crippen LogP contribution >= 0.6 is 22.7 Å².